The van der Waals surface area contributed by atoms with Crippen LogP contribution in [0.4, 0.5) is 5.69 Å². The molecule has 1 aromatic carbocycles. The molecule has 4 N–H and O–H groups in total. The van der Waals surface area contributed by atoms with Gasteiger partial charge < -0.3 is 16.2 Å². The van der Waals surface area contributed by atoms with Gasteiger partial charge in [-0.1, -0.05) is 12.1 Å². The van der Waals surface area contributed by atoms with Gasteiger partial charge in [0.15, 0.2) is 0 Å². The minimum atomic E-state index is -0.637. The van der Waals surface area contributed by atoms with Gasteiger partial charge in [-0.05, 0) is 62.4 Å². The van der Waals surface area contributed by atoms with Gasteiger partial charge in [0.05, 0.1) is 5.54 Å². The van der Waals surface area contributed by atoms with Crippen LogP contribution in [0, 0.1) is 5.92 Å². The lowest BCUT2D eigenvalue weighted by atomic mass is 9.97. The number of hydrogen-bond donors (Lipinski definition) is 3. The number of halogens is 2. The SMILES string of the molecule is Cl.Cl.NC1(C(=O)Nc2cccc(CN3CCC(CO)CC3)c2)CC1. The number of nitrogens with one attached hydrogen (secondary N) is 1. The van der Waals surface area contributed by atoms with Crippen LogP contribution >= 0.6 is 24.8 Å². The fourth-order valence-corrected chi connectivity index (χ4v) is 2.95. The summed E-state index contributed by atoms with van der Waals surface area (Å²) >= 11 is 0. The molecule has 0 atom stereocenters. The maximum atomic E-state index is 12.0. The average molecular weight is 376 g/mol. The highest BCUT2D eigenvalue weighted by atomic mass is 35.5. The van der Waals surface area contributed by atoms with E-state index in [-0.39, 0.29) is 30.7 Å². The predicted molar refractivity (Wildman–Crippen MR) is 101 cm³/mol. The van der Waals surface area contributed by atoms with Crippen LogP contribution in [0.1, 0.15) is 31.2 Å². The largest absolute Gasteiger partial charge is 0.396 e. The Hall–Kier alpha value is -0.850. The summed E-state index contributed by atoms with van der Waals surface area (Å²) in [6.07, 6.45) is 3.67. The monoisotopic (exact) mass is 375 g/mol. The van der Waals surface area contributed by atoms with E-state index in [2.05, 4.69) is 16.3 Å². The van der Waals surface area contributed by atoms with Crippen LogP contribution in [0.3, 0.4) is 0 Å². The molecule has 2 aliphatic rings. The number of carbonyl (C=O) groups excluding carboxylic acids is 1. The van der Waals surface area contributed by atoms with Crippen LogP contribution in [-0.4, -0.2) is 41.1 Å². The number of nitrogens with zero attached hydrogens (tertiary/aromatic N) is 1. The second kappa shape index (κ2) is 9.02. The Bertz CT molecular complexity index is 544. The van der Waals surface area contributed by atoms with Gasteiger partial charge in [0.1, 0.15) is 0 Å². The van der Waals surface area contributed by atoms with Crippen LogP contribution in [0.25, 0.3) is 0 Å². The molecular formula is C17H27Cl2N3O2. The Morgan fingerprint density at radius 1 is 1.29 bits per heavy atom. The molecule has 0 aromatic heterocycles. The summed E-state index contributed by atoms with van der Waals surface area (Å²) in [5.74, 6) is 0.384. The number of carbonyl (C=O) groups is 1. The molecule has 1 aliphatic carbocycles. The summed E-state index contributed by atoms with van der Waals surface area (Å²) in [5, 5.41) is 12.1. The van der Waals surface area contributed by atoms with Crippen molar-refractivity contribution in [3.63, 3.8) is 0 Å². The summed E-state index contributed by atoms with van der Waals surface area (Å²) in [5.41, 5.74) is 7.29. The second-order valence-electron chi connectivity index (χ2n) is 6.71. The van der Waals surface area contributed by atoms with Crippen molar-refractivity contribution >= 4 is 36.4 Å². The number of benzene rings is 1. The zero-order chi connectivity index (χ0) is 15.6. The first kappa shape index (κ1) is 21.2. The number of rotatable bonds is 5. The lowest BCUT2D eigenvalue weighted by Gasteiger charge is -2.31. The summed E-state index contributed by atoms with van der Waals surface area (Å²) < 4.78 is 0. The van der Waals surface area contributed by atoms with E-state index in [1.54, 1.807) is 0 Å². The van der Waals surface area contributed by atoms with Crippen LogP contribution in [0.5, 0.6) is 0 Å². The van der Waals surface area contributed by atoms with Gasteiger partial charge in [-0.25, -0.2) is 0 Å². The van der Waals surface area contributed by atoms with Gasteiger partial charge in [-0.15, -0.1) is 24.8 Å². The maximum absolute atomic E-state index is 12.0. The third kappa shape index (κ3) is 5.33. The zero-order valence-corrected chi connectivity index (χ0v) is 15.4. The highest BCUT2D eigenvalue weighted by molar-refractivity contribution is 6.00. The molecule has 24 heavy (non-hydrogen) atoms. The molecule has 1 amide bonds. The first-order valence-corrected chi connectivity index (χ1v) is 8.11. The Labute approximate surface area is 155 Å². The quantitative estimate of drug-likeness (QED) is 0.736. The van der Waals surface area contributed by atoms with Crippen LogP contribution in [0.15, 0.2) is 24.3 Å². The summed E-state index contributed by atoms with van der Waals surface area (Å²) in [4.78, 5) is 14.4. The number of likely N-dealkylation sites (tertiary alicyclic amines) is 1. The normalized spacial score (nSPS) is 19.8. The molecule has 0 radical (unpaired) electrons. The molecule has 1 saturated heterocycles. The van der Waals surface area contributed by atoms with E-state index in [0.29, 0.717) is 12.5 Å². The standard InChI is InChI=1S/C17H25N3O2.2ClH/c18-17(6-7-17)16(22)19-15-3-1-2-14(10-15)11-20-8-4-13(12-21)5-9-20;;/h1-3,10,13,21H,4-9,11-12,18H2,(H,19,22);2*1H. The van der Waals surface area contributed by atoms with Crippen molar-refractivity contribution in [3.05, 3.63) is 29.8 Å². The molecule has 0 spiro atoms. The minimum Gasteiger partial charge on any atom is -0.396 e. The highest BCUT2D eigenvalue weighted by Gasteiger charge is 2.45. The maximum Gasteiger partial charge on any atom is 0.244 e. The Morgan fingerprint density at radius 3 is 2.54 bits per heavy atom. The Balaban J connectivity index is 0.00000144. The highest BCUT2D eigenvalue weighted by Crippen LogP contribution is 2.33. The van der Waals surface area contributed by atoms with Crippen molar-refractivity contribution in [3.8, 4) is 0 Å². The van der Waals surface area contributed by atoms with E-state index in [1.165, 1.54) is 5.56 Å². The molecule has 2 fully saturated rings. The van der Waals surface area contributed by atoms with Gasteiger partial charge in [0, 0.05) is 18.8 Å². The smallest absolute Gasteiger partial charge is 0.244 e. The average Bonchev–Trinajstić information content (AvgIpc) is 3.28. The molecule has 0 unspecified atom stereocenters. The number of amides is 1. The fraction of sp³-hybridized carbons (Fsp3) is 0.588. The summed E-state index contributed by atoms with van der Waals surface area (Å²) in [6.45, 7) is 3.23. The first-order valence-electron chi connectivity index (χ1n) is 8.11. The molecule has 1 saturated carbocycles. The van der Waals surface area contributed by atoms with Crippen molar-refractivity contribution in [1.29, 1.82) is 0 Å². The van der Waals surface area contributed by atoms with E-state index in [4.69, 9.17) is 5.73 Å². The number of nitrogens with two attached hydrogens (primary N) is 1. The molecule has 7 heteroatoms. The van der Waals surface area contributed by atoms with Crippen LogP contribution in [0.2, 0.25) is 0 Å². The third-order valence-electron chi connectivity index (χ3n) is 4.80. The van der Waals surface area contributed by atoms with Gasteiger partial charge in [0.25, 0.3) is 0 Å². The van der Waals surface area contributed by atoms with Gasteiger partial charge in [-0.2, -0.15) is 0 Å². The minimum absolute atomic E-state index is 0. The van der Waals surface area contributed by atoms with Crippen molar-refractivity contribution in [2.75, 3.05) is 25.0 Å². The Morgan fingerprint density at radius 2 is 1.96 bits per heavy atom. The first-order chi connectivity index (χ1) is 10.6. The van der Waals surface area contributed by atoms with E-state index in [0.717, 1.165) is 51.0 Å². The number of piperidine rings is 1. The Kier molecular flexibility index (Phi) is 7.96. The van der Waals surface area contributed by atoms with Crippen molar-refractivity contribution < 1.29 is 9.90 Å². The number of anilines is 1. The molecule has 1 heterocycles. The predicted octanol–water partition coefficient (Wildman–Crippen LogP) is 2.16. The van der Waals surface area contributed by atoms with E-state index < -0.39 is 5.54 Å². The third-order valence-corrected chi connectivity index (χ3v) is 4.80. The van der Waals surface area contributed by atoms with E-state index >= 15 is 0 Å². The van der Waals surface area contributed by atoms with Crippen LogP contribution in [-0.2, 0) is 11.3 Å². The van der Waals surface area contributed by atoms with Gasteiger partial charge in [0.2, 0.25) is 5.91 Å². The van der Waals surface area contributed by atoms with Crippen LogP contribution < -0.4 is 11.1 Å². The molecule has 3 rings (SSSR count). The molecule has 1 aliphatic heterocycles. The second-order valence-corrected chi connectivity index (χ2v) is 6.71. The molecule has 1 aromatic rings. The van der Waals surface area contributed by atoms with E-state index in [9.17, 15) is 9.90 Å². The summed E-state index contributed by atoms with van der Waals surface area (Å²) in [6, 6.07) is 8.00. The lowest BCUT2D eigenvalue weighted by molar-refractivity contribution is -0.118. The zero-order valence-electron chi connectivity index (χ0n) is 13.7. The fourth-order valence-electron chi connectivity index (χ4n) is 2.95. The number of aliphatic hydroxyl groups is 1. The van der Waals surface area contributed by atoms with Gasteiger partial charge >= 0.3 is 0 Å². The molecule has 136 valence electrons. The summed E-state index contributed by atoms with van der Waals surface area (Å²) in [7, 11) is 0. The van der Waals surface area contributed by atoms with Crippen molar-refractivity contribution in [2.45, 2.75) is 37.8 Å². The van der Waals surface area contributed by atoms with Gasteiger partial charge in [-0.3, -0.25) is 9.69 Å². The van der Waals surface area contributed by atoms with Crippen molar-refractivity contribution in [1.82, 2.24) is 4.90 Å². The van der Waals surface area contributed by atoms with E-state index in [1.807, 2.05) is 18.2 Å². The number of aliphatic hydroxyl groups excluding tert-OH is 1. The molecule has 5 nitrogen and oxygen atoms in total. The molecule has 0 bridgehead atoms. The topological polar surface area (TPSA) is 78.6 Å². The molecular weight excluding hydrogens is 349 g/mol. The van der Waals surface area contributed by atoms with Crippen molar-refractivity contribution in [2.24, 2.45) is 11.7 Å². The number of hydrogen-bond acceptors (Lipinski definition) is 4. The lowest BCUT2D eigenvalue weighted by Crippen LogP contribution is -2.37.